The van der Waals surface area contributed by atoms with E-state index in [-0.39, 0.29) is 24.2 Å². The lowest BCUT2D eigenvalue weighted by atomic mass is 10.2. The van der Waals surface area contributed by atoms with Crippen molar-refractivity contribution in [3.8, 4) is 0 Å². The Hall–Kier alpha value is -0.590. The average Bonchev–Trinajstić information content (AvgIpc) is 2.29. The van der Waals surface area contributed by atoms with Crippen LogP contribution in [0.5, 0.6) is 0 Å². The minimum atomic E-state index is -2.90. The maximum absolute atomic E-state index is 11.6. The number of sulfone groups is 1. The molecule has 0 aromatic heterocycles. The molecule has 1 atom stereocenters. The predicted octanol–water partition coefficient (Wildman–Crippen LogP) is 1.56. The topological polar surface area (TPSA) is 57.6 Å². The van der Waals surface area contributed by atoms with Crippen LogP contribution in [0.25, 0.3) is 0 Å². The van der Waals surface area contributed by atoms with Crippen LogP contribution in [-0.4, -0.2) is 37.6 Å². The first-order chi connectivity index (χ1) is 8.43. The molecule has 6 heteroatoms. The Morgan fingerprint density at radius 1 is 1.50 bits per heavy atom. The third-order valence-electron chi connectivity index (χ3n) is 3.17. The van der Waals surface area contributed by atoms with E-state index in [2.05, 4.69) is 20.8 Å². The Morgan fingerprint density at radius 3 is 2.78 bits per heavy atom. The fraction of sp³-hybridized carbons (Fsp3) is 0.500. The van der Waals surface area contributed by atoms with E-state index in [0.29, 0.717) is 6.54 Å². The fourth-order valence-electron chi connectivity index (χ4n) is 2.24. The van der Waals surface area contributed by atoms with E-state index in [0.717, 1.165) is 15.7 Å². The van der Waals surface area contributed by atoms with E-state index in [1.54, 1.807) is 0 Å². The van der Waals surface area contributed by atoms with Gasteiger partial charge in [-0.05, 0) is 40.5 Å². The lowest BCUT2D eigenvalue weighted by Crippen LogP contribution is -2.47. The number of anilines is 1. The molecule has 0 bridgehead atoms. The number of benzene rings is 1. The molecular weight excluding hydrogens is 318 g/mol. The number of hydrogen-bond acceptors (Lipinski definition) is 4. The van der Waals surface area contributed by atoms with E-state index >= 15 is 0 Å². The van der Waals surface area contributed by atoms with Crippen LogP contribution in [0, 0.1) is 0 Å². The second-order valence-corrected chi connectivity index (χ2v) is 7.68. The van der Waals surface area contributed by atoms with Gasteiger partial charge in [0.15, 0.2) is 9.84 Å². The molecule has 1 aliphatic rings. The molecule has 0 spiro atoms. The molecule has 0 amide bonds. The summed E-state index contributed by atoms with van der Waals surface area (Å²) in [5.41, 5.74) is 1.82. The molecule has 18 heavy (non-hydrogen) atoms. The van der Waals surface area contributed by atoms with Crippen molar-refractivity contribution in [3.63, 3.8) is 0 Å². The molecule has 1 aromatic carbocycles. The first-order valence-corrected chi connectivity index (χ1v) is 8.41. The molecule has 0 radical (unpaired) electrons. The van der Waals surface area contributed by atoms with Crippen molar-refractivity contribution in [2.45, 2.75) is 19.6 Å². The van der Waals surface area contributed by atoms with Gasteiger partial charge in [-0.25, -0.2) is 8.42 Å². The van der Waals surface area contributed by atoms with Gasteiger partial charge < -0.3 is 10.0 Å². The summed E-state index contributed by atoms with van der Waals surface area (Å²) >= 11 is 3.48. The van der Waals surface area contributed by atoms with Gasteiger partial charge in [0.2, 0.25) is 0 Å². The van der Waals surface area contributed by atoms with Gasteiger partial charge in [-0.2, -0.15) is 0 Å². The summed E-state index contributed by atoms with van der Waals surface area (Å²) in [6, 6.07) is 5.62. The Morgan fingerprint density at radius 2 is 2.22 bits per heavy atom. The zero-order valence-electron chi connectivity index (χ0n) is 10.1. The molecule has 100 valence electrons. The van der Waals surface area contributed by atoms with Gasteiger partial charge in [-0.3, -0.25) is 0 Å². The van der Waals surface area contributed by atoms with Crippen LogP contribution >= 0.6 is 15.9 Å². The van der Waals surface area contributed by atoms with Crippen LogP contribution in [-0.2, 0) is 16.4 Å². The highest BCUT2D eigenvalue weighted by atomic mass is 79.9. The SMILES string of the molecule is CC1CS(=O)(=O)CCN1c1ccc(CO)cc1Br. The third-order valence-corrected chi connectivity index (χ3v) is 5.60. The minimum Gasteiger partial charge on any atom is -0.392 e. The monoisotopic (exact) mass is 333 g/mol. The van der Waals surface area contributed by atoms with Gasteiger partial charge in [0, 0.05) is 17.1 Å². The zero-order chi connectivity index (χ0) is 13.3. The largest absolute Gasteiger partial charge is 0.392 e. The molecule has 2 rings (SSSR count). The van der Waals surface area contributed by atoms with Crippen molar-refractivity contribution < 1.29 is 13.5 Å². The molecule has 0 aliphatic carbocycles. The zero-order valence-corrected chi connectivity index (χ0v) is 12.5. The molecule has 1 unspecified atom stereocenters. The summed E-state index contributed by atoms with van der Waals surface area (Å²) in [5.74, 6) is 0.396. The minimum absolute atomic E-state index is 0.00279. The Bertz CT molecular complexity index is 544. The second kappa shape index (κ2) is 5.19. The molecule has 1 aromatic rings. The van der Waals surface area contributed by atoms with Crippen LogP contribution in [0.2, 0.25) is 0 Å². The van der Waals surface area contributed by atoms with E-state index in [9.17, 15) is 8.42 Å². The van der Waals surface area contributed by atoms with E-state index in [1.165, 1.54) is 0 Å². The Kier molecular flexibility index (Phi) is 3.99. The second-order valence-electron chi connectivity index (χ2n) is 4.60. The molecule has 1 aliphatic heterocycles. The predicted molar refractivity (Wildman–Crippen MR) is 75.5 cm³/mol. The summed E-state index contributed by atoms with van der Waals surface area (Å²) in [4.78, 5) is 2.09. The summed E-state index contributed by atoms with van der Waals surface area (Å²) in [6.45, 7) is 2.44. The molecule has 1 heterocycles. The summed E-state index contributed by atoms with van der Waals surface area (Å²) in [5, 5.41) is 9.07. The van der Waals surface area contributed by atoms with E-state index < -0.39 is 9.84 Å². The number of aliphatic hydroxyl groups excluding tert-OH is 1. The van der Waals surface area contributed by atoms with Gasteiger partial charge in [0.1, 0.15) is 0 Å². The smallest absolute Gasteiger partial charge is 0.154 e. The molecule has 4 nitrogen and oxygen atoms in total. The van der Waals surface area contributed by atoms with Gasteiger partial charge in [0.25, 0.3) is 0 Å². The first kappa shape index (κ1) is 13.8. The van der Waals surface area contributed by atoms with E-state index in [1.807, 2.05) is 25.1 Å². The van der Waals surface area contributed by atoms with Crippen molar-refractivity contribution in [1.29, 1.82) is 0 Å². The highest BCUT2D eigenvalue weighted by Crippen LogP contribution is 2.30. The summed E-state index contributed by atoms with van der Waals surface area (Å²) in [7, 11) is -2.90. The average molecular weight is 334 g/mol. The van der Waals surface area contributed by atoms with Gasteiger partial charge >= 0.3 is 0 Å². The van der Waals surface area contributed by atoms with Crippen molar-refractivity contribution in [2.75, 3.05) is 23.0 Å². The van der Waals surface area contributed by atoms with Crippen molar-refractivity contribution >= 4 is 31.5 Å². The van der Waals surface area contributed by atoms with Crippen molar-refractivity contribution in [2.24, 2.45) is 0 Å². The normalized spacial score (nSPS) is 23.1. The van der Waals surface area contributed by atoms with E-state index in [4.69, 9.17) is 5.11 Å². The maximum Gasteiger partial charge on any atom is 0.154 e. The number of rotatable bonds is 2. The molecule has 1 saturated heterocycles. The van der Waals surface area contributed by atoms with Crippen LogP contribution in [0.4, 0.5) is 5.69 Å². The van der Waals surface area contributed by atoms with Gasteiger partial charge in [-0.15, -0.1) is 0 Å². The Balaban J connectivity index is 2.27. The lowest BCUT2D eigenvalue weighted by molar-refractivity contribution is 0.282. The number of halogens is 1. The summed E-state index contributed by atoms with van der Waals surface area (Å²) < 4.78 is 24.0. The first-order valence-electron chi connectivity index (χ1n) is 5.79. The Labute approximate surface area is 116 Å². The summed E-state index contributed by atoms with van der Waals surface area (Å²) in [6.07, 6.45) is 0. The van der Waals surface area contributed by atoms with Crippen LogP contribution in [0.15, 0.2) is 22.7 Å². The maximum atomic E-state index is 11.6. The van der Waals surface area contributed by atoms with Crippen molar-refractivity contribution in [3.05, 3.63) is 28.2 Å². The fourth-order valence-corrected chi connectivity index (χ4v) is 4.45. The molecular formula is C12H16BrNO3S. The molecule has 1 N–H and O–H groups in total. The standard InChI is InChI=1S/C12H16BrNO3S/c1-9-8-18(16,17)5-4-14(9)12-3-2-10(7-15)6-11(12)13/h2-3,6,9,15H,4-5,7-8H2,1H3. The van der Waals surface area contributed by atoms with Crippen molar-refractivity contribution in [1.82, 2.24) is 0 Å². The quantitative estimate of drug-likeness (QED) is 0.892. The highest BCUT2D eigenvalue weighted by molar-refractivity contribution is 9.10. The molecule has 0 saturated carbocycles. The van der Waals surface area contributed by atoms with Gasteiger partial charge in [-0.1, -0.05) is 6.07 Å². The number of aliphatic hydroxyl groups is 1. The lowest BCUT2D eigenvalue weighted by Gasteiger charge is -2.35. The third kappa shape index (κ3) is 2.87. The van der Waals surface area contributed by atoms with Crippen LogP contribution in [0.1, 0.15) is 12.5 Å². The van der Waals surface area contributed by atoms with Crippen LogP contribution < -0.4 is 4.90 Å². The number of nitrogens with zero attached hydrogens (tertiary/aromatic N) is 1. The molecule has 1 fully saturated rings. The van der Waals surface area contributed by atoms with Gasteiger partial charge in [0.05, 0.1) is 23.8 Å². The highest BCUT2D eigenvalue weighted by Gasteiger charge is 2.29. The van der Waals surface area contributed by atoms with Crippen LogP contribution in [0.3, 0.4) is 0 Å². The number of hydrogen-bond donors (Lipinski definition) is 1.